The minimum atomic E-state index is -0.440. The van der Waals surface area contributed by atoms with Gasteiger partial charge in [-0.3, -0.25) is 14.5 Å². The number of methoxy groups -OCH3 is 1. The highest BCUT2D eigenvalue weighted by atomic mass is 35.5. The first-order valence-corrected chi connectivity index (χ1v) is 10.5. The SMILES string of the molecule is COc1cc(Cl)c(C)cc1NC(=O)CN1C(=O)CC(c2ccc(F)cc2)=Nc2cccnc21. The number of pyridine rings is 1. The van der Waals surface area contributed by atoms with Crippen LogP contribution in [0.15, 0.2) is 59.7 Å². The molecule has 4 rings (SSSR count). The Bertz CT molecular complexity index is 1260. The number of anilines is 2. The molecule has 1 aliphatic rings. The molecule has 2 aromatic carbocycles. The monoisotopic (exact) mass is 466 g/mol. The fourth-order valence-corrected chi connectivity index (χ4v) is 3.61. The predicted octanol–water partition coefficient (Wildman–Crippen LogP) is 4.69. The van der Waals surface area contributed by atoms with Gasteiger partial charge in [0.05, 0.1) is 24.9 Å². The van der Waals surface area contributed by atoms with Gasteiger partial charge in [0, 0.05) is 17.3 Å². The van der Waals surface area contributed by atoms with Gasteiger partial charge in [-0.05, 0) is 48.4 Å². The minimum Gasteiger partial charge on any atom is -0.495 e. The van der Waals surface area contributed by atoms with Crippen LogP contribution in [0.1, 0.15) is 17.5 Å². The summed E-state index contributed by atoms with van der Waals surface area (Å²) in [6, 6.07) is 12.5. The molecule has 168 valence electrons. The number of ether oxygens (including phenoxy) is 1. The van der Waals surface area contributed by atoms with Crippen molar-refractivity contribution in [2.24, 2.45) is 4.99 Å². The standard InChI is InChI=1S/C24H20ClFN4O3/c1-14-10-20(21(33-2)11-17(14)25)29-22(31)13-30-23(32)12-19(15-5-7-16(26)8-6-15)28-18-4-3-9-27-24(18)30/h3-11H,12-13H2,1-2H3,(H,29,31). The molecule has 33 heavy (non-hydrogen) atoms. The number of aromatic nitrogens is 1. The van der Waals surface area contributed by atoms with Gasteiger partial charge >= 0.3 is 0 Å². The molecule has 1 aromatic heterocycles. The zero-order chi connectivity index (χ0) is 23.5. The molecule has 0 saturated carbocycles. The van der Waals surface area contributed by atoms with E-state index >= 15 is 0 Å². The maximum absolute atomic E-state index is 13.3. The maximum atomic E-state index is 13.3. The molecule has 7 nitrogen and oxygen atoms in total. The highest BCUT2D eigenvalue weighted by Gasteiger charge is 2.28. The van der Waals surface area contributed by atoms with Crippen molar-refractivity contribution in [1.29, 1.82) is 0 Å². The van der Waals surface area contributed by atoms with Crippen LogP contribution >= 0.6 is 11.6 Å². The lowest BCUT2D eigenvalue weighted by molar-refractivity contribution is -0.120. The number of carbonyl (C=O) groups excluding carboxylic acids is 2. The van der Waals surface area contributed by atoms with Gasteiger partial charge in [0.2, 0.25) is 11.8 Å². The highest BCUT2D eigenvalue weighted by Crippen LogP contribution is 2.33. The zero-order valence-electron chi connectivity index (χ0n) is 17.9. The van der Waals surface area contributed by atoms with Crippen LogP contribution in [0.4, 0.5) is 21.6 Å². The number of amides is 2. The average Bonchev–Trinajstić information content (AvgIpc) is 2.93. The van der Waals surface area contributed by atoms with Crippen molar-refractivity contribution >= 4 is 46.3 Å². The Balaban J connectivity index is 1.61. The van der Waals surface area contributed by atoms with Crippen LogP contribution in [0.5, 0.6) is 5.75 Å². The van der Waals surface area contributed by atoms with Crippen LogP contribution in [-0.4, -0.2) is 36.2 Å². The fourth-order valence-electron chi connectivity index (χ4n) is 3.46. The van der Waals surface area contributed by atoms with E-state index in [9.17, 15) is 14.0 Å². The van der Waals surface area contributed by atoms with E-state index in [4.69, 9.17) is 16.3 Å². The Labute approximate surface area is 194 Å². The summed E-state index contributed by atoms with van der Waals surface area (Å²) in [4.78, 5) is 36.2. The first-order chi connectivity index (χ1) is 15.9. The topological polar surface area (TPSA) is 83.9 Å². The lowest BCUT2D eigenvalue weighted by atomic mass is 10.1. The zero-order valence-corrected chi connectivity index (χ0v) is 18.7. The number of nitrogens with one attached hydrogen (secondary N) is 1. The molecule has 2 heterocycles. The van der Waals surface area contributed by atoms with Crippen LogP contribution in [0, 0.1) is 12.7 Å². The lowest BCUT2D eigenvalue weighted by Gasteiger charge is -2.21. The smallest absolute Gasteiger partial charge is 0.244 e. The number of hydrogen-bond acceptors (Lipinski definition) is 5. The van der Waals surface area contributed by atoms with Gasteiger partial charge in [-0.25, -0.2) is 14.4 Å². The van der Waals surface area contributed by atoms with Crippen LogP contribution in [0.2, 0.25) is 5.02 Å². The Morgan fingerprint density at radius 2 is 2.00 bits per heavy atom. The van der Waals surface area contributed by atoms with Gasteiger partial charge in [0.25, 0.3) is 0 Å². The fraction of sp³-hybridized carbons (Fsp3) is 0.167. The third-order valence-electron chi connectivity index (χ3n) is 5.13. The number of fused-ring (bicyclic) bond motifs is 1. The molecule has 0 atom stereocenters. The molecule has 0 fully saturated rings. The van der Waals surface area contributed by atoms with E-state index in [2.05, 4.69) is 15.3 Å². The molecule has 3 aromatic rings. The van der Waals surface area contributed by atoms with Crippen molar-refractivity contribution in [1.82, 2.24) is 4.98 Å². The van der Waals surface area contributed by atoms with Gasteiger partial charge < -0.3 is 10.1 Å². The molecule has 1 N–H and O–H groups in total. The van der Waals surface area contributed by atoms with Crippen molar-refractivity contribution in [3.8, 4) is 5.75 Å². The second-order valence-electron chi connectivity index (χ2n) is 7.42. The van der Waals surface area contributed by atoms with E-state index in [0.717, 1.165) is 5.56 Å². The minimum absolute atomic E-state index is 0.0708. The van der Waals surface area contributed by atoms with Gasteiger partial charge in [0.15, 0.2) is 5.82 Å². The largest absolute Gasteiger partial charge is 0.495 e. The summed E-state index contributed by atoms with van der Waals surface area (Å²) in [6.45, 7) is 1.53. The number of hydrogen-bond donors (Lipinski definition) is 1. The third-order valence-corrected chi connectivity index (χ3v) is 5.54. The lowest BCUT2D eigenvalue weighted by Crippen LogP contribution is -2.39. The summed E-state index contributed by atoms with van der Waals surface area (Å²) < 4.78 is 18.7. The van der Waals surface area contributed by atoms with E-state index in [1.54, 1.807) is 36.4 Å². The van der Waals surface area contributed by atoms with E-state index < -0.39 is 5.91 Å². The number of carbonyl (C=O) groups is 2. The van der Waals surface area contributed by atoms with Crippen LogP contribution in [0.3, 0.4) is 0 Å². The van der Waals surface area contributed by atoms with E-state index in [1.807, 2.05) is 6.92 Å². The van der Waals surface area contributed by atoms with Crippen LogP contribution in [-0.2, 0) is 9.59 Å². The Morgan fingerprint density at radius 1 is 1.24 bits per heavy atom. The van der Waals surface area contributed by atoms with Crippen LogP contribution < -0.4 is 15.0 Å². The summed E-state index contributed by atoms with van der Waals surface area (Å²) >= 11 is 6.14. The van der Waals surface area contributed by atoms with Crippen molar-refractivity contribution < 1.29 is 18.7 Å². The third kappa shape index (κ3) is 4.85. The second-order valence-corrected chi connectivity index (χ2v) is 7.83. The quantitative estimate of drug-likeness (QED) is 0.591. The Kier molecular flexibility index (Phi) is 6.37. The first kappa shape index (κ1) is 22.4. The summed E-state index contributed by atoms with van der Waals surface area (Å²) in [5.74, 6) is -0.502. The summed E-state index contributed by atoms with van der Waals surface area (Å²) in [5.41, 5.74) is 2.73. The molecular formula is C24H20ClFN4O3. The predicted molar refractivity (Wildman–Crippen MR) is 125 cm³/mol. The van der Waals surface area contributed by atoms with Gasteiger partial charge in [0.1, 0.15) is 23.8 Å². The van der Waals surface area contributed by atoms with E-state index in [0.29, 0.717) is 33.4 Å². The van der Waals surface area contributed by atoms with Crippen molar-refractivity contribution in [2.45, 2.75) is 13.3 Å². The van der Waals surface area contributed by atoms with Gasteiger partial charge in [-0.15, -0.1) is 0 Å². The number of benzene rings is 2. The van der Waals surface area contributed by atoms with Gasteiger partial charge in [-0.1, -0.05) is 23.7 Å². The van der Waals surface area contributed by atoms with Gasteiger partial charge in [-0.2, -0.15) is 0 Å². The van der Waals surface area contributed by atoms with E-state index in [-0.39, 0.29) is 30.5 Å². The van der Waals surface area contributed by atoms with E-state index in [1.165, 1.54) is 30.3 Å². The maximum Gasteiger partial charge on any atom is 0.244 e. The molecule has 0 radical (unpaired) electrons. The normalized spacial score (nSPS) is 13.2. The number of aliphatic imine (C=N–C) groups is 1. The number of aryl methyl sites for hydroxylation is 1. The molecule has 2 amide bonds. The Morgan fingerprint density at radius 3 is 2.73 bits per heavy atom. The molecule has 0 saturated heterocycles. The molecule has 1 aliphatic heterocycles. The molecule has 0 unspecified atom stereocenters. The average molecular weight is 467 g/mol. The molecule has 0 aliphatic carbocycles. The number of rotatable bonds is 5. The molecular weight excluding hydrogens is 447 g/mol. The molecule has 0 spiro atoms. The molecule has 0 bridgehead atoms. The second kappa shape index (κ2) is 9.38. The number of nitrogens with zero attached hydrogens (tertiary/aromatic N) is 3. The van der Waals surface area contributed by atoms with Crippen molar-refractivity contribution in [3.05, 3.63) is 76.7 Å². The van der Waals surface area contributed by atoms with Crippen molar-refractivity contribution in [2.75, 3.05) is 23.9 Å². The number of halogens is 2. The van der Waals surface area contributed by atoms with Crippen LogP contribution in [0.25, 0.3) is 0 Å². The summed E-state index contributed by atoms with van der Waals surface area (Å²) in [6.07, 6.45) is 1.46. The summed E-state index contributed by atoms with van der Waals surface area (Å²) in [7, 11) is 1.48. The first-order valence-electron chi connectivity index (χ1n) is 10.1. The highest BCUT2D eigenvalue weighted by molar-refractivity contribution is 6.31. The summed E-state index contributed by atoms with van der Waals surface area (Å²) in [5, 5.41) is 3.28. The van der Waals surface area contributed by atoms with Crippen molar-refractivity contribution in [3.63, 3.8) is 0 Å². The Hall–Kier alpha value is -3.78. The molecule has 9 heteroatoms.